The zero-order valence-corrected chi connectivity index (χ0v) is 8.51. The van der Waals surface area contributed by atoms with Crippen LogP contribution in [0.3, 0.4) is 0 Å². The van der Waals surface area contributed by atoms with Gasteiger partial charge in [0.1, 0.15) is 0 Å². The van der Waals surface area contributed by atoms with E-state index in [-0.39, 0.29) is 0 Å². The molecule has 0 amide bonds. The molecule has 15 heavy (non-hydrogen) atoms. The molecule has 1 aromatic heterocycles. The summed E-state index contributed by atoms with van der Waals surface area (Å²) >= 11 is 0. The van der Waals surface area contributed by atoms with Crippen molar-refractivity contribution in [2.75, 3.05) is 7.05 Å². The molecular formula is C12H11N3. The minimum absolute atomic E-state index is 0.873. The predicted molar refractivity (Wildman–Crippen MR) is 63.1 cm³/mol. The molecule has 2 rings (SSSR count). The number of hydrogen-bond acceptors (Lipinski definition) is 3. The highest BCUT2D eigenvalue weighted by Crippen LogP contribution is 2.17. The van der Waals surface area contributed by atoms with E-state index in [0.717, 1.165) is 22.0 Å². The molecule has 0 unspecified atom stereocenters. The van der Waals surface area contributed by atoms with Crippen LogP contribution in [0.2, 0.25) is 0 Å². The Hall–Kier alpha value is -2.03. The number of aromatic nitrogens is 2. The summed E-state index contributed by atoms with van der Waals surface area (Å²) in [5.74, 6) is 0. The van der Waals surface area contributed by atoms with E-state index in [1.165, 1.54) is 0 Å². The van der Waals surface area contributed by atoms with Crippen molar-refractivity contribution in [1.82, 2.24) is 10.2 Å². The number of nitrogens with zero attached hydrogens (tertiary/aromatic N) is 3. The normalized spacial score (nSPS) is 11.0. The molecule has 0 aliphatic carbocycles. The van der Waals surface area contributed by atoms with Crippen LogP contribution in [0.5, 0.6) is 0 Å². The van der Waals surface area contributed by atoms with Gasteiger partial charge in [-0.25, -0.2) is 0 Å². The lowest BCUT2D eigenvalue weighted by Crippen LogP contribution is -1.90. The summed E-state index contributed by atoms with van der Waals surface area (Å²) in [6.45, 7) is 3.78. The maximum absolute atomic E-state index is 4.05. The third-order valence-corrected chi connectivity index (χ3v) is 2.21. The predicted octanol–water partition coefficient (Wildman–Crippen LogP) is 2.32. The Balaban J connectivity index is 2.74. The van der Waals surface area contributed by atoms with Crippen LogP contribution in [0, 0.1) is 0 Å². The van der Waals surface area contributed by atoms with Crippen LogP contribution < -0.4 is 0 Å². The second kappa shape index (κ2) is 4.00. The molecule has 0 bridgehead atoms. The summed E-state index contributed by atoms with van der Waals surface area (Å²) < 4.78 is 0. The van der Waals surface area contributed by atoms with Crippen molar-refractivity contribution in [2.24, 2.45) is 4.99 Å². The molecule has 0 aliphatic heterocycles. The van der Waals surface area contributed by atoms with Crippen LogP contribution in [0.1, 0.15) is 11.1 Å². The second-order valence-electron chi connectivity index (χ2n) is 3.16. The van der Waals surface area contributed by atoms with Crippen LogP contribution in [0.25, 0.3) is 17.0 Å². The highest BCUT2D eigenvalue weighted by atomic mass is 15.1. The van der Waals surface area contributed by atoms with Gasteiger partial charge in [0, 0.05) is 24.2 Å². The molecular weight excluding hydrogens is 186 g/mol. The number of benzene rings is 1. The van der Waals surface area contributed by atoms with Gasteiger partial charge in [-0.1, -0.05) is 12.7 Å². The van der Waals surface area contributed by atoms with Crippen molar-refractivity contribution in [1.29, 1.82) is 0 Å². The minimum atomic E-state index is 0.873. The maximum atomic E-state index is 4.05. The number of hydrogen-bond donors (Lipinski definition) is 0. The third kappa shape index (κ3) is 1.76. The minimum Gasteiger partial charge on any atom is -0.296 e. The molecule has 3 nitrogen and oxygen atoms in total. The average Bonchev–Trinajstić information content (AvgIpc) is 2.28. The van der Waals surface area contributed by atoms with Crippen LogP contribution in [-0.2, 0) is 0 Å². The van der Waals surface area contributed by atoms with E-state index >= 15 is 0 Å². The van der Waals surface area contributed by atoms with E-state index in [9.17, 15) is 0 Å². The number of aliphatic imine (C=N–C) groups is 1. The second-order valence-corrected chi connectivity index (χ2v) is 3.16. The zero-order chi connectivity index (χ0) is 10.7. The van der Waals surface area contributed by atoms with E-state index in [2.05, 4.69) is 21.8 Å². The molecule has 2 aromatic rings. The molecule has 74 valence electrons. The van der Waals surface area contributed by atoms with Crippen molar-refractivity contribution >= 4 is 23.2 Å². The highest BCUT2D eigenvalue weighted by Gasteiger charge is 2.01. The van der Waals surface area contributed by atoms with Crippen molar-refractivity contribution in [3.05, 3.63) is 42.1 Å². The van der Waals surface area contributed by atoms with E-state index in [1.807, 2.05) is 24.3 Å². The summed E-state index contributed by atoms with van der Waals surface area (Å²) in [4.78, 5) is 4.00. The van der Waals surface area contributed by atoms with Crippen molar-refractivity contribution < 1.29 is 0 Å². The van der Waals surface area contributed by atoms with Crippen LogP contribution >= 0.6 is 0 Å². The third-order valence-electron chi connectivity index (χ3n) is 2.21. The maximum Gasteiger partial charge on any atom is 0.0936 e. The van der Waals surface area contributed by atoms with Crippen LogP contribution in [0.4, 0.5) is 0 Å². The number of fused-ring (bicyclic) bond motifs is 1. The van der Waals surface area contributed by atoms with Gasteiger partial charge in [0.25, 0.3) is 0 Å². The molecule has 0 atom stereocenters. The lowest BCUT2D eigenvalue weighted by atomic mass is 10.1. The van der Waals surface area contributed by atoms with Gasteiger partial charge in [-0.2, -0.15) is 10.2 Å². The first kappa shape index (κ1) is 9.52. The van der Waals surface area contributed by atoms with Gasteiger partial charge >= 0.3 is 0 Å². The summed E-state index contributed by atoms with van der Waals surface area (Å²) in [6.07, 6.45) is 5.30. The van der Waals surface area contributed by atoms with E-state index in [1.54, 1.807) is 19.5 Å². The molecule has 0 saturated heterocycles. The topological polar surface area (TPSA) is 38.1 Å². The quantitative estimate of drug-likeness (QED) is 0.693. The average molecular weight is 197 g/mol. The molecule has 0 spiro atoms. The molecule has 0 fully saturated rings. The fourth-order valence-corrected chi connectivity index (χ4v) is 1.50. The van der Waals surface area contributed by atoms with Crippen molar-refractivity contribution in [2.45, 2.75) is 0 Å². The van der Waals surface area contributed by atoms with Crippen LogP contribution in [-0.4, -0.2) is 23.5 Å². The monoisotopic (exact) mass is 197 g/mol. The Labute approximate surface area is 88.2 Å². The smallest absolute Gasteiger partial charge is 0.0936 e. The Morgan fingerprint density at radius 1 is 1.33 bits per heavy atom. The fourth-order valence-electron chi connectivity index (χ4n) is 1.50. The van der Waals surface area contributed by atoms with Gasteiger partial charge < -0.3 is 0 Å². The SMILES string of the molecule is C=Cc1cc2ccnnc2cc1/C=N\C. The molecule has 0 N–H and O–H groups in total. The Morgan fingerprint density at radius 2 is 2.20 bits per heavy atom. The van der Waals surface area contributed by atoms with Crippen LogP contribution in [0.15, 0.2) is 36.0 Å². The Morgan fingerprint density at radius 3 is 2.93 bits per heavy atom. The summed E-state index contributed by atoms with van der Waals surface area (Å²) in [5, 5.41) is 8.97. The van der Waals surface area contributed by atoms with Gasteiger partial charge in [0.15, 0.2) is 0 Å². The summed E-state index contributed by atoms with van der Waals surface area (Å²) in [6, 6.07) is 5.93. The lowest BCUT2D eigenvalue weighted by Gasteiger charge is -2.02. The molecule has 3 heteroatoms. The largest absolute Gasteiger partial charge is 0.296 e. The molecule has 0 radical (unpaired) electrons. The van der Waals surface area contributed by atoms with E-state index < -0.39 is 0 Å². The Bertz CT molecular complexity index is 529. The van der Waals surface area contributed by atoms with Crippen molar-refractivity contribution in [3.8, 4) is 0 Å². The van der Waals surface area contributed by atoms with Gasteiger partial charge in [-0.15, -0.1) is 0 Å². The summed E-state index contributed by atoms with van der Waals surface area (Å²) in [7, 11) is 1.74. The lowest BCUT2D eigenvalue weighted by molar-refractivity contribution is 1.08. The summed E-state index contributed by atoms with van der Waals surface area (Å²) in [5.41, 5.74) is 2.94. The van der Waals surface area contributed by atoms with Crippen molar-refractivity contribution in [3.63, 3.8) is 0 Å². The first-order valence-corrected chi connectivity index (χ1v) is 4.65. The van der Waals surface area contributed by atoms with Gasteiger partial charge in [-0.05, 0) is 23.8 Å². The van der Waals surface area contributed by atoms with Gasteiger partial charge in [-0.3, -0.25) is 4.99 Å². The van der Waals surface area contributed by atoms with Gasteiger partial charge in [0.2, 0.25) is 0 Å². The highest BCUT2D eigenvalue weighted by molar-refractivity contribution is 5.93. The molecule has 0 saturated carbocycles. The zero-order valence-electron chi connectivity index (χ0n) is 8.51. The molecule has 1 aromatic carbocycles. The van der Waals surface area contributed by atoms with E-state index in [0.29, 0.717) is 0 Å². The van der Waals surface area contributed by atoms with Gasteiger partial charge in [0.05, 0.1) is 11.7 Å². The first-order chi connectivity index (χ1) is 7.35. The number of rotatable bonds is 2. The molecule has 0 aliphatic rings. The first-order valence-electron chi connectivity index (χ1n) is 4.65. The Kier molecular flexibility index (Phi) is 2.54. The van der Waals surface area contributed by atoms with E-state index in [4.69, 9.17) is 0 Å². The fraction of sp³-hybridized carbons (Fsp3) is 0.0833. The molecule has 1 heterocycles. The standard InChI is InChI=1S/C12H11N3/c1-3-9-6-10-4-5-14-15-12(10)7-11(9)8-13-2/h3-8H,1H2,2H3/b13-8-.